The molecule has 0 aromatic heterocycles. The summed E-state index contributed by atoms with van der Waals surface area (Å²) in [5.74, 6) is 0. The van der Waals surface area contributed by atoms with E-state index in [1.165, 1.54) is 19.3 Å². The maximum absolute atomic E-state index is 5.42. The minimum Gasteiger partial charge on any atom is -0.381 e. The molecule has 0 saturated carbocycles. The van der Waals surface area contributed by atoms with Gasteiger partial charge in [0.2, 0.25) is 0 Å². The Balaban J connectivity index is 2.77. The van der Waals surface area contributed by atoms with Crippen molar-refractivity contribution in [1.82, 2.24) is 0 Å². The molecule has 0 atom stereocenters. The van der Waals surface area contributed by atoms with Crippen molar-refractivity contribution in [3.05, 3.63) is 12.7 Å². The number of rotatable bonds is 9. The summed E-state index contributed by atoms with van der Waals surface area (Å²) in [7, 11) is 0. The quantitative estimate of drug-likeness (QED) is 0.337. The van der Waals surface area contributed by atoms with E-state index in [0.29, 0.717) is 0 Å². The molecule has 0 aliphatic carbocycles. The van der Waals surface area contributed by atoms with Crippen LogP contribution in [0.1, 0.15) is 32.1 Å². The fourth-order valence-electron chi connectivity index (χ4n) is 0.907. The van der Waals surface area contributed by atoms with Crippen LogP contribution in [-0.2, 0) is 4.74 Å². The average Bonchev–Trinajstić information content (AvgIpc) is 2.10. The predicted octanol–water partition coefficient (Wildman–Crippen LogP) is 3.53. The molecule has 0 aliphatic heterocycles. The van der Waals surface area contributed by atoms with Crippen LogP contribution in [0.4, 0.5) is 0 Å². The van der Waals surface area contributed by atoms with Crippen LogP contribution in [0, 0.1) is 0 Å². The zero-order chi connectivity index (χ0) is 9.07. The van der Waals surface area contributed by atoms with Crippen molar-refractivity contribution in [3.63, 3.8) is 0 Å². The van der Waals surface area contributed by atoms with E-state index in [2.05, 4.69) is 22.5 Å². The Kier molecular flexibility index (Phi) is 11.3. The van der Waals surface area contributed by atoms with E-state index >= 15 is 0 Å². The van der Waals surface area contributed by atoms with Crippen LogP contribution in [0.5, 0.6) is 0 Å². The smallest absolute Gasteiger partial charge is 0.0468 e. The molecule has 0 saturated heterocycles. The largest absolute Gasteiger partial charge is 0.381 e. The van der Waals surface area contributed by atoms with Gasteiger partial charge in [0.1, 0.15) is 0 Å². The molecule has 0 N–H and O–H groups in total. The van der Waals surface area contributed by atoms with Crippen molar-refractivity contribution in [2.24, 2.45) is 0 Å². The standard InChI is InChI=1S/C10H19BrO/c1-2-3-6-9-12-10-7-4-5-8-11/h2H,1,3-10H2. The zero-order valence-electron chi connectivity index (χ0n) is 7.73. The Bertz CT molecular complexity index is 93.8. The monoisotopic (exact) mass is 234 g/mol. The Morgan fingerprint density at radius 2 is 1.83 bits per heavy atom. The second-order valence-corrected chi connectivity index (χ2v) is 3.59. The Labute approximate surface area is 84.3 Å². The molecule has 0 aliphatic rings. The van der Waals surface area contributed by atoms with Crippen molar-refractivity contribution in [3.8, 4) is 0 Å². The summed E-state index contributed by atoms with van der Waals surface area (Å²) in [5, 5.41) is 1.11. The van der Waals surface area contributed by atoms with E-state index in [1.54, 1.807) is 0 Å². The first kappa shape index (κ1) is 12.2. The third-order valence-electron chi connectivity index (χ3n) is 1.62. The van der Waals surface area contributed by atoms with Gasteiger partial charge in [-0.2, -0.15) is 0 Å². The highest BCUT2D eigenvalue weighted by Gasteiger charge is 1.89. The second kappa shape index (κ2) is 11.2. The van der Waals surface area contributed by atoms with E-state index in [-0.39, 0.29) is 0 Å². The van der Waals surface area contributed by atoms with Crippen LogP contribution in [0.15, 0.2) is 12.7 Å². The number of ether oxygens (including phenoxy) is 1. The molecule has 0 aromatic carbocycles. The van der Waals surface area contributed by atoms with Gasteiger partial charge in [0, 0.05) is 18.5 Å². The van der Waals surface area contributed by atoms with Gasteiger partial charge in [0.15, 0.2) is 0 Å². The van der Waals surface area contributed by atoms with E-state index in [0.717, 1.165) is 31.4 Å². The second-order valence-electron chi connectivity index (χ2n) is 2.79. The van der Waals surface area contributed by atoms with Gasteiger partial charge in [-0.05, 0) is 25.7 Å². The summed E-state index contributed by atoms with van der Waals surface area (Å²) < 4.78 is 5.42. The number of allylic oxidation sites excluding steroid dienone is 1. The molecule has 0 fully saturated rings. The topological polar surface area (TPSA) is 9.23 Å². The molecule has 12 heavy (non-hydrogen) atoms. The average molecular weight is 235 g/mol. The van der Waals surface area contributed by atoms with Crippen LogP contribution >= 0.6 is 15.9 Å². The SMILES string of the molecule is C=CCCCOCCCCCBr. The summed E-state index contributed by atoms with van der Waals surface area (Å²) >= 11 is 3.40. The van der Waals surface area contributed by atoms with Crippen LogP contribution in [0.25, 0.3) is 0 Å². The third kappa shape index (κ3) is 10.2. The van der Waals surface area contributed by atoms with E-state index in [1.807, 2.05) is 6.08 Å². The summed E-state index contributed by atoms with van der Waals surface area (Å²) in [6, 6.07) is 0. The highest BCUT2D eigenvalue weighted by Crippen LogP contribution is 1.99. The summed E-state index contributed by atoms with van der Waals surface area (Å²) in [6.45, 7) is 5.47. The normalized spacial score (nSPS) is 10.1. The Morgan fingerprint density at radius 1 is 1.08 bits per heavy atom. The molecule has 0 aromatic rings. The van der Waals surface area contributed by atoms with Crippen molar-refractivity contribution in [2.45, 2.75) is 32.1 Å². The lowest BCUT2D eigenvalue weighted by Crippen LogP contribution is -1.96. The van der Waals surface area contributed by atoms with Gasteiger partial charge in [-0.15, -0.1) is 6.58 Å². The van der Waals surface area contributed by atoms with Crippen LogP contribution in [0.2, 0.25) is 0 Å². The third-order valence-corrected chi connectivity index (χ3v) is 2.18. The van der Waals surface area contributed by atoms with Crippen molar-refractivity contribution >= 4 is 15.9 Å². The number of alkyl halides is 1. The summed E-state index contributed by atoms with van der Waals surface area (Å²) in [6.07, 6.45) is 7.85. The lowest BCUT2D eigenvalue weighted by molar-refractivity contribution is 0.128. The molecule has 2 heteroatoms. The number of halogens is 1. The van der Waals surface area contributed by atoms with Gasteiger partial charge in [0.05, 0.1) is 0 Å². The fraction of sp³-hybridized carbons (Fsp3) is 0.800. The Hall–Kier alpha value is 0.180. The molecular weight excluding hydrogens is 216 g/mol. The fourth-order valence-corrected chi connectivity index (χ4v) is 1.30. The Morgan fingerprint density at radius 3 is 2.50 bits per heavy atom. The number of hydrogen-bond donors (Lipinski definition) is 0. The van der Waals surface area contributed by atoms with Gasteiger partial charge in [-0.1, -0.05) is 28.4 Å². The van der Waals surface area contributed by atoms with E-state index < -0.39 is 0 Å². The first-order valence-electron chi connectivity index (χ1n) is 4.66. The number of hydrogen-bond acceptors (Lipinski definition) is 1. The minimum atomic E-state index is 0.889. The van der Waals surface area contributed by atoms with E-state index in [4.69, 9.17) is 4.74 Å². The van der Waals surface area contributed by atoms with Crippen molar-refractivity contribution in [1.29, 1.82) is 0 Å². The van der Waals surface area contributed by atoms with Crippen LogP contribution < -0.4 is 0 Å². The van der Waals surface area contributed by atoms with Gasteiger partial charge in [-0.25, -0.2) is 0 Å². The van der Waals surface area contributed by atoms with Crippen LogP contribution in [-0.4, -0.2) is 18.5 Å². The van der Waals surface area contributed by atoms with Crippen LogP contribution in [0.3, 0.4) is 0 Å². The zero-order valence-corrected chi connectivity index (χ0v) is 9.31. The summed E-state index contributed by atoms with van der Waals surface area (Å²) in [5.41, 5.74) is 0. The molecule has 1 nitrogen and oxygen atoms in total. The van der Waals surface area contributed by atoms with Gasteiger partial charge >= 0.3 is 0 Å². The first-order valence-corrected chi connectivity index (χ1v) is 5.78. The van der Waals surface area contributed by atoms with Gasteiger partial charge in [0.25, 0.3) is 0 Å². The highest BCUT2D eigenvalue weighted by atomic mass is 79.9. The minimum absolute atomic E-state index is 0.889. The molecule has 0 amide bonds. The molecule has 0 radical (unpaired) electrons. The molecule has 0 heterocycles. The highest BCUT2D eigenvalue weighted by molar-refractivity contribution is 9.09. The molecule has 0 spiro atoms. The lowest BCUT2D eigenvalue weighted by Gasteiger charge is -2.01. The lowest BCUT2D eigenvalue weighted by atomic mass is 10.3. The van der Waals surface area contributed by atoms with E-state index in [9.17, 15) is 0 Å². The van der Waals surface area contributed by atoms with Crippen molar-refractivity contribution < 1.29 is 4.74 Å². The molecule has 0 bridgehead atoms. The van der Waals surface area contributed by atoms with Crippen molar-refractivity contribution in [2.75, 3.05) is 18.5 Å². The molecule has 72 valence electrons. The number of unbranched alkanes of at least 4 members (excludes halogenated alkanes) is 3. The first-order chi connectivity index (χ1) is 5.91. The molecule has 0 unspecified atom stereocenters. The molecule has 0 rings (SSSR count). The van der Waals surface area contributed by atoms with Gasteiger partial charge < -0.3 is 4.74 Å². The maximum atomic E-state index is 5.42. The molecular formula is C10H19BrO. The van der Waals surface area contributed by atoms with Gasteiger partial charge in [-0.3, -0.25) is 0 Å². The maximum Gasteiger partial charge on any atom is 0.0468 e. The summed E-state index contributed by atoms with van der Waals surface area (Å²) in [4.78, 5) is 0. The predicted molar refractivity (Wildman–Crippen MR) is 57.9 cm³/mol.